The molecule has 54 heavy (non-hydrogen) atoms. The van der Waals surface area contributed by atoms with Gasteiger partial charge in [0.25, 0.3) is 0 Å². The van der Waals surface area contributed by atoms with E-state index in [1.807, 2.05) is 60.9 Å². The predicted molar refractivity (Wildman–Crippen MR) is 219 cm³/mol. The number of fused-ring (bicyclic) bond motifs is 5. The highest BCUT2D eigenvalue weighted by Crippen LogP contribution is 2.52. The fourth-order valence-corrected chi connectivity index (χ4v) is 8.01. The van der Waals surface area contributed by atoms with Crippen molar-refractivity contribution >= 4 is 49.9 Å². The molecular formula is C48H30N6. The second kappa shape index (κ2) is 12.1. The molecule has 1 aliphatic heterocycles. The van der Waals surface area contributed by atoms with Crippen LogP contribution in [-0.2, 0) is 0 Å². The Morgan fingerprint density at radius 2 is 1.00 bits per heavy atom. The lowest BCUT2D eigenvalue weighted by Gasteiger charge is -2.32. The van der Waals surface area contributed by atoms with E-state index >= 15 is 0 Å². The molecule has 0 spiro atoms. The molecule has 0 saturated heterocycles. The highest BCUT2D eigenvalue weighted by Gasteiger charge is 2.30. The summed E-state index contributed by atoms with van der Waals surface area (Å²) in [5, 5.41) is 4.58. The van der Waals surface area contributed by atoms with E-state index < -0.39 is 0 Å². The summed E-state index contributed by atoms with van der Waals surface area (Å²) in [7, 11) is 0. The van der Waals surface area contributed by atoms with Crippen LogP contribution in [0.15, 0.2) is 182 Å². The molecule has 0 N–H and O–H groups in total. The zero-order valence-electron chi connectivity index (χ0n) is 29.0. The Labute approximate surface area is 311 Å². The van der Waals surface area contributed by atoms with Crippen molar-refractivity contribution in [3.05, 3.63) is 182 Å². The van der Waals surface area contributed by atoms with Crippen LogP contribution in [0.5, 0.6) is 0 Å². The van der Waals surface area contributed by atoms with Crippen LogP contribution in [0, 0.1) is 0 Å². The number of benzene rings is 7. The van der Waals surface area contributed by atoms with Gasteiger partial charge in [0.05, 0.1) is 33.8 Å². The third kappa shape index (κ3) is 4.74. The zero-order chi connectivity index (χ0) is 35.6. The molecule has 0 aliphatic carbocycles. The highest BCUT2D eigenvalue weighted by molar-refractivity contribution is 6.19. The van der Waals surface area contributed by atoms with Gasteiger partial charge < -0.3 is 0 Å². The minimum absolute atomic E-state index is 0.607. The van der Waals surface area contributed by atoms with E-state index in [4.69, 9.17) is 19.9 Å². The summed E-state index contributed by atoms with van der Waals surface area (Å²) in [6.07, 6.45) is 3.71. The fraction of sp³-hybridized carbons (Fsp3) is 0. The molecule has 0 atom stereocenters. The second-order valence-electron chi connectivity index (χ2n) is 13.6. The van der Waals surface area contributed by atoms with E-state index in [9.17, 15) is 0 Å². The van der Waals surface area contributed by atoms with Crippen LogP contribution in [0.4, 0.5) is 17.3 Å². The van der Waals surface area contributed by atoms with E-state index in [1.165, 1.54) is 21.9 Å². The molecule has 4 heterocycles. The van der Waals surface area contributed by atoms with Crippen LogP contribution < -0.4 is 4.90 Å². The molecule has 10 aromatic rings. The maximum Gasteiger partial charge on any atom is 0.235 e. The van der Waals surface area contributed by atoms with Crippen LogP contribution in [0.2, 0.25) is 0 Å². The van der Waals surface area contributed by atoms with Crippen molar-refractivity contribution in [2.24, 2.45) is 0 Å². The average molecular weight is 691 g/mol. The monoisotopic (exact) mass is 690 g/mol. The minimum Gasteiger partial charge on any atom is -0.278 e. The molecule has 1 aliphatic rings. The van der Waals surface area contributed by atoms with E-state index in [0.29, 0.717) is 11.9 Å². The number of hydrogen-bond acceptors (Lipinski definition) is 5. The number of nitrogens with zero attached hydrogens (tertiary/aromatic N) is 6. The summed E-state index contributed by atoms with van der Waals surface area (Å²) in [4.78, 5) is 22.4. The molecule has 0 saturated carbocycles. The van der Waals surface area contributed by atoms with E-state index in [0.717, 1.165) is 66.8 Å². The molecule has 0 fully saturated rings. The van der Waals surface area contributed by atoms with E-state index in [2.05, 4.69) is 131 Å². The van der Waals surface area contributed by atoms with Crippen LogP contribution in [-0.4, -0.2) is 24.5 Å². The van der Waals surface area contributed by atoms with Gasteiger partial charge in [-0.25, -0.2) is 19.9 Å². The summed E-state index contributed by atoms with van der Waals surface area (Å²) in [6, 6.07) is 59.4. The third-order valence-electron chi connectivity index (χ3n) is 10.5. The standard InChI is InChI=1S/C48H30N6/c1-4-12-31(13-5-1)35-22-23-42-37(28-35)39-29-38-36-20-10-18-34-19-11-21-43(46(34)36)54(48-50-27-25-41(52-48)33-16-8-3-9-17-33)44(38)30-45(39)53(42)47-49-26-24-40(51-47)32-14-6-2-7-15-32/h1-30H. The van der Waals surface area contributed by atoms with Gasteiger partial charge in [0.2, 0.25) is 11.9 Å². The van der Waals surface area contributed by atoms with E-state index in [1.54, 1.807) is 0 Å². The maximum absolute atomic E-state index is 5.20. The molecule has 11 rings (SSSR count). The van der Waals surface area contributed by atoms with Crippen LogP contribution in [0.25, 0.3) is 83.3 Å². The topological polar surface area (TPSA) is 59.7 Å². The van der Waals surface area contributed by atoms with Gasteiger partial charge in [-0.3, -0.25) is 9.47 Å². The van der Waals surface area contributed by atoms with Gasteiger partial charge in [-0.2, -0.15) is 0 Å². The third-order valence-corrected chi connectivity index (χ3v) is 10.5. The van der Waals surface area contributed by atoms with E-state index in [-0.39, 0.29) is 0 Å². The Balaban J connectivity index is 1.23. The molecular weight excluding hydrogens is 661 g/mol. The lowest BCUT2D eigenvalue weighted by Crippen LogP contribution is -2.18. The van der Waals surface area contributed by atoms with Gasteiger partial charge in [0, 0.05) is 45.2 Å². The summed E-state index contributed by atoms with van der Waals surface area (Å²) in [5.41, 5.74) is 12.5. The number of aromatic nitrogens is 5. The fourth-order valence-electron chi connectivity index (χ4n) is 8.01. The lowest BCUT2D eigenvalue weighted by molar-refractivity contribution is 0.991. The van der Waals surface area contributed by atoms with Gasteiger partial charge in [0.15, 0.2) is 0 Å². The first kappa shape index (κ1) is 30.2. The first-order valence-corrected chi connectivity index (χ1v) is 18.1. The van der Waals surface area contributed by atoms with Crippen LogP contribution in [0.3, 0.4) is 0 Å². The molecule has 0 amide bonds. The van der Waals surface area contributed by atoms with Crippen molar-refractivity contribution in [2.45, 2.75) is 0 Å². The number of hydrogen-bond donors (Lipinski definition) is 0. The van der Waals surface area contributed by atoms with Gasteiger partial charge in [0.1, 0.15) is 0 Å². The van der Waals surface area contributed by atoms with Crippen molar-refractivity contribution in [2.75, 3.05) is 4.90 Å². The van der Waals surface area contributed by atoms with Crippen molar-refractivity contribution in [3.63, 3.8) is 0 Å². The lowest BCUT2D eigenvalue weighted by atomic mass is 9.90. The van der Waals surface area contributed by atoms with Gasteiger partial charge in [-0.15, -0.1) is 0 Å². The smallest absolute Gasteiger partial charge is 0.235 e. The average Bonchev–Trinajstić information content (AvgIpc) is 3.57. The highest BCUT2D eigenvalue weighted by atomic mass is 15.3. The first-order valence-electron chi connectivity index (χ1n) is 18.1. The van der Waals surface area contributed by atoms with Crippen molar-refractivity contribution in [3.8, 4) is 50.7 Å². The Bertz CT molecular complexity index is 3040. The number of anilines is 3. The summed E-state index contributed by atoms with van der Waals surface area (Å²) >= 11 is 0. The molecule has 6 nitrogen and oxygen atoms in total. The molecule has 252 valence electrons. The SMILES string of the molecule is c1ccc(-c2ccc3c(c2)c2cc4c(cc2n3-c2nccc(-c3ccccc3)n2)N(c2nccc(-c3ccccc3)n2)c2cccc3cccc-4c23)cc1. The molecule has 6 heteroatoms. The van der Waals surface area contributed by atoms with Crippen molar-refractivity contribution in [1.29, 1.82) is 0 Å². The van der Waals surface area contributed by atoms with Crippen molar-refractivity contribution < 1.29 is 0 Å². The molecule has 0 radical (unpaired) electrons. The molecule has 0 unspecified atom stereocenters. The maximum atomic E-state index is 5.20. The van der Waals surface area contributed by atoms with Crippen LogP contribution >= 0.6 is 0 Å². The molecule has 0 bridgehead atoms. The normalized spacial score (nSPS) is 12.0. The quantitative estimate of drug-likeness (QED) is 0.180. The Morgan fingerprint density at radius 1 is 0.389 bits per heavy atom. The number of rotatable bonds is 5. The Hall–Kier alpha value is -7.44. The largest absolute Gasteiger partial charge is 0.278 e. The molecule has 7 aromatic carbocycles. The minimum atomic E-state index is 0.607. The second-order valence-corrected chi connectivity index (χ2v) is 13.6. The summed E-state index contributed by atoms with van der Waals surface area (Å²) in [6.45, 7) is 0. The zero-order valence-corrected chi connectivity index (χ0v) is 29.0. The van der Waals surface area contributed by atoms with Crippen LogP contribution in [0.1, 0.15) is 0 Å². The Kier molecular flexibility index (Phi) is 6.75. The van der Waals surface area contributed by atoms with Crippen molar-refractivity contribution in [1.82, 2.24) is 24.5 Å². The van der Waals surface area contributed by atoms with Gasteiger partial charge in [-0.1, -0.05) is 127 Å². The van der Waals surface area contributed by atoms with Gasteiger partial charge in [-0.05, 0) is 64.5 Å². The van der Waals surface area contributed by atoms with Gasteiger partial charge >= 0.3 is 0 Å². The predicted octanol–water partition coefficient (Wildman–Crippen LogP) is 12.0. The first-order chi connectivity index (χ1) is 26.8. The molecule has 3 aromatic heterocycles. The summed E-state index contributed by atoms with van der Waals surface area (Å²) < 4.78 is 2.20. The Morgan fingerprint density at radius 3 is 1.70 bits per heavy atom. The summed E-state index contributed by atoms with van der Waals surface area (Å²) in [5.74, 6) is 1.21.